The van der Waals surface area contributed by atoms with Crippen LogP contribution in [0.25, 0.3) is 11.7 Å². The summed E-state index contributed by atoms with van der Waals surface area (Å²) in [6, 6.07) is 5.70. The molecule has 9 heteroatoms. The predicted molar refractivity (Wildman–Crippen MR) is 102 cm³/mol. The number of furan rings is 1. The van der Waals surface area contributed by atoms with Gasteiger partial charge in [0.15, 0.2) is 5.76 Å². The second-order valence-corrected chi connectivity index (χ2v) is 8.39. The summed E-state index contributed by atoms with van der Waals surface area (Å²) in [4.78, 5) is 13.5. The van der Waals surface area contributed by atoms with Crippen LogP contribution in [0.2, 0.25) is 0 Å². The number of fused-ring (bicyclic) bond motifs is 1. The molecule has 0 fully saturated rings. The Morgan fingerprint density at radius 3 is 3.19 bits per heavy atom. The summed E-state index contributed by atoms with van der Waals surface area (Å²) in [6.07, 6.45) is 4.47. The maximum atomic E-state index is 12.3. The first kappa shape index (κ1) is 17.8. The zero-order valence-electron chi connectivity index (χ0n) is 14.5. The van der Waals surface area contributed by atoms with Crippen molar-refractivity contribution in [2.24, 2.45) is 5.92 Å². The number of amides is 1. The highest BCUT2D eigenvalue weighted by molar-refractivity contribution is 7.99. The fourth-order valence-corrected chi connectivity index (χ4v) is 4.96. The first-order valence-electron chi connectivity index (χ1n) is 8.48. The SMILES string of the molecule is C[C@H]1CCc2c(sc(NC(=O)CSc3nnc(-c4ccco4)o3)c2C#N)C1. The molecule has 138 valence electrons. The van der Waals surface area contributed by atoms with Crippen LogP contribution >= 0.6 is 23.1 Å². The summed E-state index contributed by atoms with van der Waals surface area (Å²) in [7, 11) is 0. The van der Waals surface area contributed by atoms with E-state index in [1.165, 1.54) is 22.5 Å². The average molecular weight is 400 g/mol. The Labute approximate surface area is 163 Å². The lowest BCUT2D eigenvalue weighted by atomic mass is 9.89. The van der Waals surface area contributed by atoms with E-state index in [0.717, 1.165) is 36.6 Å². The first-order chi connectivity index (χ1) is 13.1. The van der Waals surface area contributed by atoms with Crippen molar-refractivity contribution < 1.29 is 13.6 Å². The standard InChI is InChI=1S/C18H16N4O3S2/c1-10-4-5-11-12(8-19)17(27-14(11)7-10)20-15(23)9-26-18-22-21-16(25-18)13-3-2-6-24-13/h2-3,6,10H,4-5,7,9H2,1H3,(H,20,23)/t10-/m0/s1. The maximum absolute atomic E-state index is 12.3. The molecule has 27 heavy (non-hydrogen) atoms. The molecule has 7 nitrogen and oxygen atoms in total. The van der Waals surface area contributed by atoms with Gasteiger partial charge in [-0.25, -0.2) is 0 Å². The fraction of sp³-hybridized carbons (Fsp3) is 0.333. The summed E-state index contributed by atoms with van der Waals surface area (Å²) in [5.41, 5.74) is 1.71. The van der Waals surface area contributed by atoms with Gasteiger partial charge in [-0.05, 0) is 42.9 Å². The lowest BCUT2D eigenvalue weighted by molar-refractivity contribution is -0.113. The van der Waals surface area contributed by atoms with Crippen molar-refractivity contribution in [2.45, 2.75) is 31.4 Å². The number of thioether (sulfide) groups is 1. The van der Waals surface area contributed by atoms with Crippen LogP contribution in [0.5, 0.6) is 0 Å². The Morgan fingerprint density at radius 1 is 1.52 bits per heavy atom. The Hall–Kier alpha value is -2.57. The molecule has 1 amide bonds. The molecule has 1 N–H and O–H groups in total. The van der Waals surface area contributed by atoms with Gasteiger partial charge in [-0.1, -0.05) is 18.7 Å². The highest BCUT2D eigenvalue weighted by atomic mass is 32.2. The smallest absolute Gasteiger partial charge is 0.284 e. The van der Waals surface area contributed by atoms with Gasteiger partial charge in [0, 0.05) is 4.88 Å². The van der Waals surface area contributed by atoms with E-state index < -0.39 is 0 Å². The van der Waals surface area contributed by atoms with E-state index in [9.17, 15) is 10.1 Å². The van der Waals surface area contributed by atoms with Crippen LogP contribution in [0, 0.1) is 17.2 Å². The molecule has 0 bridgehead atoms. The van der Waals surface area contributed by atoms with E-state index >= 15 is 0 Å². The third-order valence-corrected chi connectivity index (χ3v) is 6.33. The van der Waals surface area contributed by atoms with E-state index in [1.54, 1.807) is 12.1 Å². The number of carbonyl (C=O) groups is 1. The van der Waals surface area contributed by atoms with E-state index in [4.69, 9.17) is 8.83 Å². The first-order valence-corrected chi connectivity index (χ1v) is 10.3. The molecule has 1 atom stereocenters. The molecule has 3 aromatic rings. The molecular weight excluding hydrogens is 384 g/mol. The van der Waals surface area contributed by atoms with Crippen molar-refractivity contribution >= 4 is 34.0 Å². The third kappa shape index (κ3) is 3.77. The normalized spacial score (nSPS) is 15.9. The molecular formula is C18H16N4O3S2. The highest BCUT2D eigenvalue weighted by Gasteiger charge is 2.24. The number of nitriles is 1. The maximum Gasteiger partial charge on any atom is 0.284 e. The molecule has 0 radical (unpaired) electrons. The van der Waals surface area contributed by atoms with Crippen LogP contribution in [0.3, 0.4) is 0 Å². The van der Waals surface area contributed by atoms with Crippen molar-refractivity contribution in [2.75, 3.05) is 11.1 Å². The molecule has 0 aliphatic heterocycles. The van der Waals surface area contributed by atoms with E-state index in [2.05, 4.69) is 28.5 Å². The molecule has 0 spiro atoms. The Bertz CT molecular complexity index is 1000. The van der Waals surface area contributed by atoms with Crippen LogP contribution in [0.1, 0.15) is 29.3 Å². The van der Waals surface area contributed by atoms with Gasteiger partial charge in [-0.15, -0.1) is 21.5 Å². The van der Waals surface area contributed by atoms with Crippen LogP contribution in [-0.4, -0.2) is 21.9 Å². The monoisotopic (exact) mass is 400 g/mol. The minimum absolute atomic E-state index is 0.115. The molecule has 0 saturated heterocycles. The number of carbonyl (C=O) groups excluding carboxylic acids is 1. The van der Waals surface area contributed by atoms with Gasteiger partial charge < -0.3 is 14.2 Å². The number of hydrogen-bond donors (Lipinski definition) is 1. The predicted octanol–water partition coefficient (Wildman–Crippen LogP) is 4.12. The van der Waals surface area contributed by atoms with Gasteiger partial charge in [0.2, 0.25) is 5.91 Å². The summed E-state index contributed by atoms with van der Waals surface area (Å²) in [5.74, 6) is 1.28. The lowest BCUT2D eigenvalue weighted by Crippen LogP contribution is -2.14. The minimum Gasteiger partial charge on any atom is -0.459 e. The van der Waals surface area contributed by atoms with Crippen LogP contribution < -0.4 is 5.32 Å². The zero-order valence-corrected chi connectivity index (χ0v) is 16.2. The Balaban J connectivity index is 1.40. The quantitative estimate of drug-likeness (QED) is 0.642. The number of hydrogen-bond acceptors (Lipinski definition) is 8. The summed E-state index contributed by atoms with van der Waals surface area (Å²) in [5, 5.41) is 21.1. The summed E-state index contributed by atoms with van der Waals surface area (Å²) >= 11 is 2.66. The molecule has 3 heterocycles. The van der Waals surface area contributed by atoms with Gasteiger partial charge in [-0.3, -0.25) is 4.79 Å². The lowest BCUT2D eigenvalue weighted by Gasteiger charge is -2.17. The van der Waals surface area contributed by atoms with Crippen molar-refractivity contribution in [3.63, 3.8) is 0 Å². The second-order valence-electron chi connectivity index (χ2n) is 6.35. The van der Waals surface area contributed by atoms with Crippen molar-refractivity contribution in [1.29, 1.82) is 5.26 Å². The molecule has 3 aromatic heterocycles. The van der Waals surface area contributed by atoms with Crippen molar-refractivity contribution in [3.8, 4) is 17.7 Å². The fourth-order valence-electron chi connectivity index (χ4n) is 3.02. The minimum atomic E-state index is -0.208. The molecule has 1 aliphatic carbocycles. The summed E-state index contributed by atoms with van der Waals surface area (Å²) < 4.78 is 10.7. The Kier molecular flexibility index (Phi) is 5.01. The van der Waals surface area contributed by atoms with Crippen LogP contribution in [0.15, 0.2) is 32.5 Å². The van der Waals surface area contributed by atoms with E-state index in [0.29, 0.717) is 22.2 Å². The van der Waals surface area contributed by atoms with Crippen LogP contribution in [-0.2, 0) is 17.6 Å². The molecule has 0 saturated carbocycles. The second kappa shape index (κ2) is 7.58. The van der Waals surface area contributed by atoms with Gasteiger partial charge in [0.1, 0.15) is 11.1 Å². The van der Waals surface area contributed by atoms with Gasteiger partial charge in [-0.2, -0.15) is 5.26 Å². The topological polar surface area (TPSA) is 105 Å². The Morgan fingerprint density at radius 2 is 2.41 bits per heavy atom. The third-order valence-electron chi connectivity index (χ3n) is 4.34. The number of rotatable bonds is 5. The molecule has 0 aromatic carbocycles. The number of aromatic nitrogens is 2. The average Bonchev–Trinajstić information content (AvgIpc) is 3.38. The van der Waals surface area contributed by atoms with Gasteiger partial charge in [0.05, 0.1) is 17.6 Å². The number of nitrogens with zero attached hydrogens (tertiary/aromatic N) is 3. The van der Waals surface area contributed by atoms with Crippen LogP contribution in [0.4, 0.5) is 5.00 Å². The van der Waals surface area contributed by atoms with E-state index in [-0.39, 0.29) is 22.8 Å². The zero-order chi connectivity index (χ0) is 18.8. The number of nitrogens with one attached hydrogen (secondary N) is 1. The van der Waals surface area contributed by atoms with Crippen molar-refractivity contribution in [1.82, 2.24) is 10.2 Å². The van der Waals surface area contributed by atoms with Gasteiger partial charge in [0.25, 0.3) is 11.1 Å². The number of thiophene rings is 1. The highest BCUT2D eigenvalue weighted by Crippen LogP contribution is 2.39. The molecule has 1 aliphatic rings. The molecule has 4 rings (SSSR count). The number of anilines is 1. The largest absolute Gasteiger partial charge is 0.459 e. The summed E-state index contributed by atoms with van der Waals surface area (Å²) in [6.45, 7) is 2.21. The van der Waals surface area contributed by atoms with Gasteiger partial charge >= 0.3 is 0 Å². The van der Waals surface area contributed by atoms with E-state index in [1.807, 2.05) is 0 Å². The molecule has 0 unspecified atom stereocenters. The van der Waals surface area contributed by atoms with Crippen molar-refractivity contribution in [3.05, 3.63) is 34.4 Å².